The first-order valence-corrected chi connectivity index (χ1v) is 4.35. The van der Waals surface area contributed by atoms with Crippen molar-refractivity contribution < 1.29 is 0 Å². The van der Waals surface area contributed by atoms with E-state index in [1.54, 1.807) is 11.8 Å². The van der Waals surface area contributed by atoms with Crippen LogP contribution in [0.25, 0.3) is 0 Å². The summed E-state index contributed by atoms with van der Waals surface area (Å²) in [5.41, 5.74) is 2.92. The van der Waals surface area contributed by atoms with E-state index in [-0.39, 0.29) is 0 Å². The minimum Gasteiger partial charge on any atom is -0.371 e. The van der Waals surface area contributed by atoms with Crippen LogP contribution in [-0.4, -0.2) is 31.0 Å². The summed E-state index contributed by atoms with van der Waals surface area (Å²) in [5, 5.41) is 10.2. The summed E-state index contributed by atoms with van der Waals surface area (Å²) >= 11 is 3.41. The van der Waals surface area contributed by atoms with Crippen LogP contribution >= 0.6 is 15.9 Å². The lowest BCUT2D eigenvalue weighted by molar-refractivity contribution is 0.791. The highest BCUT2D eigenvalue weighted by Gasteiger charge is 2.11. The Morgan fingerprint density at radius 3 is 2.25 bits per heavy atom. The standard InChI is InChI=1S/C6H12BrN5/c1-8-5-4(7)6(9-2)12(10-3)11-5/h9-10H,1-3H3,(H,8,11). The van der Waals surface area contributed by atoms with Crippen molar-refractivity contribution >= 4 is 27.6 Å². The number of aromatic nitrogens is 2. The zero-order chi connectivity index (χ0) is 9.14. The highest BCUT2D eigenvalue weighted by Crippen LogP contribution is 2.28. The van der Waals surface area contributed by atoms with Crippen molar-refractivity contribution in [2.45, 2.75) is 0 Å². The van der Waals surface area contributed by atoms with E-state index in [2.05, 4.69) is 37.1 Å². The molecule has 5 nitrogen and oxygen atoms in total. The van der Waals surface area contributed by atoms with Crippen molar-refractivity contribution in [2.75, 3.05) is 37.2 Å². The predicted octanol–water partition coefficient (Wildman–Crippen LogP) is 0.902. The number of hydrogen-bond donors (Lipinski definition) is 3. The lowest BCUT2D eigenvalue weighted by Gasteiger charge is -2.03. The van der Waals surface area contributed by atoms with Gasteiger partial charge >= 0.3 is 0 Å². The van der Waals surface area contributed by atoms with Crippen LogP contribution in [0.5, 0.6) is 0 Å². The van der Waals surface area contributed by atoms with Gasteiger partial charge in [0.15, 0.2) is 11.6 Å². The molecule has 0 atom stereocenters. The Morgan fingerprint density at radius 1 is 1.25 bits per heavy atom. The third-order valence-corrected chi connectivity index (χ3v) is 2.26. The first kappa shape index (κ1) is 9.18. The predicted molar refractivity (Wildman–Crippen MR) is 54.3 cm³/mol. The second kappa shape index (κ2) is 3.66. The lowest BCUT2D eigenvalue weighted by Crippen LogP contribution is -2.13. The van der Waals surface area contributed by atoms with Gasteiger partial charge in [-0.2, -0.15) is 4.79 Å². The van der Waals surface area contributed by atoms with Crippen molar-refractivity contribution in [2.24, 2.45) is 0 Å². The van der Waals surface area contributed by atoms with E-state index < -0.39 is 0 Å². The number of anilines is 2. The lowest BCUT2D eigenvalue weighted by atomic mass is 10.6. The summed E-state index contributed by atoms with van der Waals surface area (Å²) in [5.74, 6) is 1.69. The topological polar surface area (TPSA) is 53.9 Å². The molecule has 1 heterocycles. The minimum atomic E-state index is 0.800. The van der Waals surface area contributed by atoms with Crippen molar-refractivity contribution in [3.8, 4) is 0 Å². The summed E-state index contributed by atoms with van der Waals surface area (Å²) in [6, 6.07) is 0. The van der Waals surface area contributed by atoms with Crippen molar-refractivity contribution in [3.63, 3.8) is 0 Å². The molecule has 0 saturated heterocycles. The Bertz CT molecular complexity index is 269. The summed E-state index contributed by atoms with van der Waals surface area (Å²) in [7, 11) is 5.47. The van der Waals surface area contributed by atoms with Gasteiger partial charge in [-0.05, 0) is 15.9 Å². The van der Waals surface area contributed by atoms with Crippen LogP contribution in [0, 0.1) is 0 Å². The zero-order valence-corrected chi connectivity index (χ0v) is 8.86. The molecule has 68 valence electrons. The van der Waals surface area contributed by atoms with Gasteiger partial charge in [0.2, 0.25) is 0 Å². The monoisotopic (exact) mass is 233 g/mol. The van der Waals surface area contributed by atoms with Gasteiger partial charge in [-0.1, -0.05) is 0 Å². The smallest absolute Gasteiger partial charge is 0.166 e. The fourth-order valence-electron chi connectivity index (χ4n) is 0.936. The summed E-state index contributed by atoms with van der Waals surface area (Å²) in [4.78, 5) is 1.65. The fraction of sp³-hybridized carbons (Fsp3) is 0.500. The molecule has 6 heteroatoms. The number of hydrogen-bond acceptors (Lipinski definition) is 4. The van der Waals surface area contributed by atoms with E-state index in [9.17, 15) is 0 Å². The zero-order valence-electron chi connectivity index (χ0n) is 7.27. The van der Waals surface area contributed by atoms with E-state index in [1.165, 1.54) is 0 Å². The van der Waals surface area contributed by atoms with Gasteiger partial charge in [0, 0.05) is 21.1 Å². The second-order valence-corrected chi connectivity index (χ2v) is 2.94. The Labute approximate surface area is 79.6 Å². The molecule has 1 aromatic heterocycles. The maximum atomic E-state index is 4.20. The van der Waals surface area contributed by atoms with Gasteiger partial charge < -0.3 is 16.1 Å². The molecule has 0 aliphatic heterocycles. The minimum absolute atomic E-state index is 0.800. The molecule has 12 heavy (non-hydrogen) atoms. The number of nitrogens with zero attached hydrogens (tertiary/aromatic N) is 2. The van der Waals surface area contributed by atoms with E-state index in [1.807, 2.05) is 14.1 Å². The number of nitrogens with one attached hydrogen (secondary N) is 3. The molecule has 1 aromatic rings. The van der Waals surface area contributed by atoms with Crippen LogP contribution in [-0.2, 0) is 0 Å². The van der Waals surface area contributed by atoms with E-state index in [0.29, 0.717) is 0 Å². The molecule has 3 N–H and O–H groups in total. The Morgan fingerprint density at radius 2 is 1.92 bits per heavy atom. The van der Waals surface area contributed by atoms with Gasteiger partial charge in [-0.3, -0.25) is 0 Å². The molecular weight excluding hydrogens is 222 g/mol. The van der Waals surface area contributed by atoms with Crippen molar-refractivity contribution in [1.82, 2.24) is 9.89 Å². The van der Waals surface area contributed by atoms with Crippen LogP contribution in [0.1, 0.15) is 0 Å². The Kier molecular flexibility index (Phi) is 2.80. The fourth-order valence-corrected chi connectivity index (χ4v) is 1.58. The molecule has 0 fully saturated rings. The first-order valence-electron chi connectivity index (χ1n) is 3.56. The number of halogens is 1. The van der Waals surface area contributed by atoms with Crippen LogP contribution in [0.3, 0.4) is 0 Å². The third kappa shape index (κ3) is 1.34. The van der Waals surface area contributed by atoms with Crippen molar-refractivity contribution in [3.05, 3.63) is 4.47 Å². The number of rotatable bonds is 3. The van der Waals surface area contributed by atoms with Crippen LogP contribution < -0.4 is 16.1 Å². The summed E-state index contributed by atoms with van der Waals surface area (Å²) in [6.45, 7) is 0. The van der Waals surface area contributed by atoms with Crippen molar-refractivity contribution in [1.29, 1.82) is 0 Å². The summed E-state index contributed by atoms with van der Waals surface area (Å²) in [6.07, 6.45) is 0. The van der Waals surface area contributed by atoms with Gasteiger partial charge in [0.05, 0.1) is 0 Å². The van der Waals surface area contributed by atoms with Gasteiger partial charge in [0.1, 0.15) is 4.47 Å². The molecule has 0 amide bonds. The molecule has 0 radical (unpaired) electrons. The van der Waals surface area contributed by atoms with Crippen LogP contribution in [0.4, 0.5) is 11.6 Å². The highest BCUT2D eigenvalue weighted by molar-refractivity contribution is 9.10. The molecule has 0 saturated carbocycles. The quantitative estimate of drug-likeness (QED) is 0.727. The van der Waals surface area contributed by atoms with E-state index in [4.69, 9.17) is 0 Å². The SMILES string of the molecule is CNc1nn(NC)c(NC)c1Br. The second-order valence-electron chi connectivity index (χ2n) is 2.15. The normalized spacial score (nSPS) is 9.67. The first-order chi connectivity index (χ1) is 5.74. The van der Waals surface area contributed by atoms with Crippen LogP contribution in [0.2, 0.25) is 0 Å². The molecule has 1 rings (SSSR count). The molecule has 0 unspecified atom stereocenters. The van der Waals surface area contributed by atoms with Gasteiger partial charge in [-0.25, -0.2) is 0 Å². The largest absolute Gasteiger partial charge is 0.371 e. The van der Waals surface area contributed by atoms with Crippen LogP contribution in [0.15, 0.2) is 4.47 Å². The van der Waals surface area contributed by atoms with Gasteiger partial charge in [0.25, 0.3) is 0 Å². The summed E-state index contributed by atoms with van der Waals surface area (Å²) < 4.78 is 0.918. The molecule has 0 aliphatic carbocycles. The molecular formula is C6H12BrN5. The van der Waals surface area contributed by atoms with Gasteiger partial charge in [-0.15, -0.1) is 5.10 Å². The maximum absolute atomic E-state index is 4.20. The average Bonchev–Trinajstić information content (AvgIpc) is 2.41. The molecule has 0 aromatic carbocycles. The van der Waals surface area contributed by atoms with E-state index >= 15 is 0 Å². The Hall–Kier alpha value is -0.910. The highest BCUT2D eigenvalue weighted by atomic mass is 79.9. The Balaban J connectivity index is 3.13. The molecule has 0 spiro atoms. The maximum Gasteiger partial charge on any atom is 0.166 e. The third-order valence-electron chi connectivity index (χ3n) is 1.51. The van der Waals surface area contributed by atoms with E-state index in [0.717, 1.165) is 16.1 Å². The molecule has 0 bridgehead atoms. The average molecular weight is 234 g/mol. The molecule has 0 aliphatic rings.